The number of amides is 1. The molecule has 168 valence electrons. The number of nitrogens with zero attached hydrogens (tertiary/aromatic N) is 5. The molecule has 1 aromatic heterocycles. The Morgan fingerprint density at radius 3 is 2.45 bits per heavy atom. The Bertz CT molecular complexity index is 996. The molecule has 1 saturated carbocycles. The number of benzene rings is 1. The number of anilines is 1. The van der Waals surface area contributed by atoms with Gasteiger partial charge in [0, 0.05) is 18.8 Å². The predicted octanol–water partition coefficient (Wildman–Crippen LogP) is 3.08. The summed E-state index contributed by atoms with van der Waals surface area (Å²) in [5.41, 5.74) is 0.561. The first-order valence-corrected chi connectivity index (χ1v) is 13.1. The van der Waals surface area contributed by atoms with Crippen LogP contribution in [0.5, 0.6) is 0 Å². The summed E-state index contributed by atoms with van der Waals surface area (Å²) in [5, 5.41) is 15.1. The van der Waals surface area contributed by atoms with Gasteiger partial charge in [0.2, 0.25) is 21.1 Å². The van der Waals surface area contributed by atoms with E-state index in [4.69, 9.17) is 0 Å². The number of thioether (sulfide) groups is 1. The Balaban J connectivity index is 1.37. The first kappa shape index (κ1) is 22.2. The third-order valence-electron chi connectivity index (χ3n) is 5.86. The molecular formula is C20H28N6O3S2. The van der Waals surface area contributed by atoms with Crippen molar-refractivity contribution in [2.24, 2.45) is 0 Å². The second-order valence-electron chi connectivity index (χ2n) is 8.08. The van der Waals surface area contributed by atoms with Crippen LogP contribution in [-0.4, -0.2) is 57.2 Å². The van der Waals surface area contributed by atoms with E-state index in [0.29, 0.717) is 30.0 Å². The predicted molar refractivity (Wildman–Crippen MR) is 118 cm³/mol. The molecule has 0 radical (unpaired) electrons. The lowest BCUT2D eigenvalue weighted by Crippen LogP contribution is -2.35. The largest absolute Gasteiger partial charge is 0.325 e. The molecule has 11 heteroatoms. The highest BCUT2D eigenvalue weighted by atomic mass is 32.2. The maximum Gasteiger partial charge on any atom is 0.243 e. The van der Waals surface area contributed by atoms with Crippen molar-refractivity contribution in [1.29, 1.82) is 0 Å². The average Bonchev–Trinajstić information content (AvgIpc) is 3.46. The van der Waals surface area contributed by atoms with E-state index >= 15 is 0 Å². The van der Waals surface area contributed by atoms with Crippen LogP contribution in [0.25, 0.3) is 0 Å². The first-order chi connectivity index (χ1) is 14.9. The molecule has 2 heterocycles. The fraction of sp³-hybridized carbons (Fsp3) is 0.600. The third-order valence-corrected chi connectivity index (χ3v) is 8.82. The van der Waals surface area contributed by atoms with Crippen LogP contribution in [0.15, 0.2) is 34.3 Å². The van der Waals surface area contributed by atoms with Gasteiger partial charge in [0.25, 0.3) is 0 Å². The van der Waals surface area contributed by atoms with Gasteiger partial charge in [-0.3, -0.25) is 4.79 Å². The van der Waals surface area contributed by atoms with Crippen LogP contribution >= 0.6 is 11.8 Å². The van der Waals surface area contributed by atoms with Crippen LogP contribution in [0, 0.1) is 0 Å². The molecule has 1 amide bonds. The standard InChI is InChI=1S/C20H28N6O3S2/c1-15(30-20-22-23-24-26(20)17-7-3-4-8-17)19(27)21-16-9-11-18(12-10-16)31(28,29)25-13-5-2-6-14-25/h9-12,15,17H,2-8,13-14H2,1H3,(H,21,27). The van der Waals surface area contributed by atoms with Gasteiger partial charge in [-0.25, -0.2) is 13.1 Å². The molecule has 1 atom stereocenters. The number of tetrazole rings is 1. The number of nitrogens with one attached hydrogen (secondary N) is 1. The number of carbonyl (C=O) groups excluding carboxylic acids is 1. The van der Waals surface area contributed by atoms with Gasteiger partial charge in [0.05, 0.1) is 16.2 Å². The van der Waals surface area contributed by atoms with Crippen molar-refractivity contribution in [2.45, 2.75) is 73.2 Å². The van der Waals surface area contributed by atoms with E-state index in [0.717, 1.165) is 32.1 Å². The lowest BCUT2D eigenvalue weighted by molar-refractivity contribution is -0.115. The number of hydrogen-bond acceptors (Lipinski definition) is 7. The smallest absolute Gasteiger partial charge is 0.243 e. The van der Waals surface area contributed by atoms with Gasteiger partial charge in [-0.2, -0.15) is 4.31 Å². The van der Waals surface area contributed by atoms with Crippen molar-refractivity contribution in [2.75, 3.05) is 18.4 Å². The molecule has 1 unspecified atom stereocenters. The number of sulfonamides is 1. The van der Waals surface area contributed by atoms with Crippen LogP contribution in [-0.2, 0) is 14.8 Å². The maximum absolute atomic E-state index is 12.8. The molecule has 1 N–H and O–H groups in total. The molecule has 1 aromatic carbocycles. The fourth-order valence-corrected chi connectivity index (χ4v) is 6.44. The number of hydrogen-bond donors (Lipinski definition) is 1. The molecule has 1 aliphatic carbocycles. The number of rotatable bonds is 7. The van der Waals surface area contributed by atoms with Gasteiger partial charge in [-0.05, 0) is 67.3 Å². The Kier molecular flexibility index (Phi) is 6.92. The Morgan fingerprint density at radius 2 is 1.77 bits per heavy atom. The second-order valence-corrected chi connectivity index (χ2v) is 11.3. The molecule has 9 nitrogen and oxygen atoms in total. The van der Waals surface area contributed by atoms with E-state index in [1.807, 2.05) is 11.6 Å². The van der Waals surface area contributed by atoms with Crippen molar-refractivity contribution in [3.05, 3.63) is 24.3 Å². The monoisotopic (exact) mass is 464 g/mol. The van der Waals surface area contributed by atoms with Crippen LogP contribution in [0.4, 0.5) is 5.69 Å². The summed E-state index contributed by atoms with van der Waals surface area (Å²) in [5.74, 6) is -0.183. The highest BCUT2D eigenvalue weighted by molar-refractivity contribution is 8.00. The molecule has 2 aliphatic rings. The Morgan fingerprint density at radius 1 is 1.10 bits per heavy atom. The highest BCUT2D eigenvalue weighted by Gasteiger charge is 2.27. The Hall–Kier alpha value is -1.98. The lowest BCUT2D eigenvalue weighted by atomic mass is 10.2. The topological polar surface area (TPSA) is 110 Å². The van der Waals surface area contributed by atoms with E-state index in [9.17, 15) is 13.2 Å². The van der Waals surface area contributed by atoms with E-state index in [-0.39, 0.29) is 10.8 Å². The van der Waals surface area contributed by atoms with Crippen LogP contribution in [0.1, 0.15) is 57.9 Å². The SMILES string of the molecule is CC(Sc1nnnn1C1CCCC1)C(=O)Nc1ccc(S(=O)(=O)N2CCCCC2)cc1. The quantitative estimate of drug-likeness (QED) is 0.627. The zero-order valence-corrected chi connectivity index (χ0v) is 19.2. The van der Waals surface area contributed by atoms with Gasteiger partial charge < -0.3 is 5.32 Å². The molecule has 0 spiro atoms. The van der Waals surface area contributed by atoms with Crippen molar-refractivity contribution < 1.29 is 13.2 Å². The summed E-state index contributed by atoms with van der Waals surface area (Å²) in [6.45, 7) is 2.94. The number of piperidine rings is 1. The molecule has 2 fully saturated rings. The normalized spacial score (nSPS) is 19.4. The summed E-state index contributed by atoms with van der Waals surface area (Å²) < 4.78 is 28.9. The number of aromatic nitrogens is 4. The molecule has 2 aromatic rings. The van der Waals surface area contributed by atoms with Gasteiger partial charge >= 0.3 is 0 Å². The van der Waals surface area contributed by atoms with E-state index in [1.54, 1.807) is 24.3 Å². The fourth-order valence-electron chi connectivity index (χ4n) is 4.06. The second kappa shape index (κ2) is 9.66. The van der Waals surface area contributed by atoms with Crippen LogP contribution in [0.3, 0.4) is 0 Å². The summed E-state index contributed by atoms with van der Waals surface area (Å²) >= 11 is 1.33. The minimum absolute atomic E-state index is 0.183. The molecule has 31 heavy (non-hydrogen) atoms. The maximum atomic E-state index is 12.8. The van der Waals surface area contributed by atoms with Crippen molar-refractivity contribution in [3.8, 4) is 0 Å². The molecule has 4 rings (SSSR count). The van der Waals surface area contributed by atoms with Gasteiger partial charge in [0.1, 0.15) is 0 Å². The summed E-state index contributed by atoms with van der Waals surface area (Å²) in [4.78, 5) is 12.9. The zero-order chi connectivity index (χ0) is 21.8. The zero-order valence-electron chi connectivity index (χ0n) is 17.6. The minimum atomic E-state index is -3.48. The van der Waals surface area contributed by atoms with E-state index in [2.05, 4.69) is 20.8 Å². The molecule has 1 aliphatic heterocycles. The van der Waals surface area contributed by atoms with Gasteiger partial charge in [-0.1, -0.05) is 31.0 Å². The van der Waals surface area contributed by atoms with Crippen molar-refractivity contribution in [1.82, 2.24) is 24.5 Å². The highest BCUT2D eigenvalue weighted by Crippen LogP contribution is 2.32. The van der Waals surface area contributed by atoms with E-state index in [1.165, 1.54) is 28.9 Å². The molecular weight excluding hydrogens is 436 g/mol. The summed E-state index contributed by atoms with van der Waals surface area (Å²) in [7, 11) is -3.48. The lowest BCUT2D eigenvalue weighted by Gasteiger charge is -2.25. The van der Waals surface area contributed by atoms with Gasteiger partial charge in [0.15, 0.2) is 0 Å². The van der Waals surface area contributed by atoms with Crippen LogP contribution in [0.2, 0.25) is 0 Å². The summed E-state index contributed by atoms with van der Waals surface area (Å²) in [6, 6.07) is 6.68. The van der Waals surface area contributed by atoms with Crippen LogP contribution < -0.4 is 5.32 Å². The Labute approximate surface area is 187 Å². The first-order valence-electron chi connectivity index (χ1n) is 10.8. The number of carbonyl (C=O) groups is 1. The van der Waals surface area contributed by atoms with E-state index < -0.39 is 15.3 Å². The third kappa shape index (κ3) is 5.09. The molecule has 1 saturated heterocycles. The summed E-state index contributed by atoms with van der Waals surface area (Å²) in [6.07, 6.45) is 7.33. The minimum Gasteiger partial charge on any atom is -0.325 e. The van der Waals surface area contributed by atoms with Crippen molar-refractivity contribution in [3.63, 3.8) is 0 Å². The molecule has 0 bridgehead atoms. The average molecular weight is 465 g/mol. The van der Waals surface area contributed by atoms with Gasteiger partial charge in [-0.15, -0.1) is 5.10 Å². The van der Waals surface area contributed by atoms with Crippen molar-refractivity contribution >= 4 is 33.4 Å².